The summed E-state index contributed by atoms with van der Waals surface area (Å²) in [6.07, 6.45) is 89.2. The molecule has 0 amide bonds. The average Bonchev–Trinajstić information content (AvgIpc) is 3.56. The summed E-state index contributed by atoms with van der Waals surface area (Å²) in [5, 5.41) is 0. The smallest absolute Gasteiger partial charge is 0.462 e. The Hall–Kier alpha value is -2.29. The van der Waals surface area contributed by atoms with Gasteiger partial charge in [-0.05, 0) is 57.8 Å². The Kier molecular flexibility index (Phi) is 65.3. The van der Waals surface area contributed by atoms with Crippen LogP contribution in [0.2, 0.25) is 0 Å². The average molecular weight is 1230 g/mol. The van der Waals surface area contributed by atoms with Gasteiger partial charge in [0.05, 0.1) is 27.7 Å². The van der Waals surface area contributed by atoms with E-state index >= 15 is 0 Å². The van der Waals surface area contributed by atoms with E-state index in [9.17, 15) is 19.0 Å². The molecule has 0 aliphatic heterocycles. The lowest BCUT2D eigenvalue weighted by Crippen LogP contribution is -2.37. The van der Waals surface area contributed by atoms with E-state index in [2.05, 4.69) is 74.6 Å². The van der Waals surface area contributed by atoms with Crippen LogP contribution in [0.5, 0.6) is 0 Å². The minimum atomic E-state index is -4.39. The van der Waals surface area contributed by atoms with Gasteiger partial charge in [-0.15, -0.1) is 0 Å². The molecular formula is C76H143NO8P+. The number of quaternary nitrogens is 1. The zero-order chi connectivity index (χ0) is 62.6. The molecule has 0 spiro atoms. The van der Waals surface area contributed by atoms with E-state index in [0.717, 1.165) is 64.2 Å². The first kappa shape index (κ1) is 83.7. The molecule has 0 fully saturated rings. The van der Waals surface area contributed by atoms with Crippen molar-refractivity contribution in [2.24, 2.45) is 0 Å². The van der Waals surface area contributed by atoms with Crippen molar-refractivity contribution in [3.05, 3.63) is 60.8 Å². The Balaban J connectivity index is 3.92. The Morgan fingerprint density at radius 3 is 0.988 bits per heavy atom. The fourth-order valence-electron chi connectivity index (χ4n) is 10.9. The number of phosphoric acid groups is 1. The number of carbonyl (C=O) groups excluding carboxylic acids is 2. The number of hydrogen-bond donors (Lipinski definition) is 1. The van der Waals surface area contributed by atoms with Gasteiger partial charge >= 0.3 is 19.8 Å². The zero-order valence-corrected chi connectivity index (χ0v) is 58.5. The van der Waals surface area contributed by atoms with Gasteiger partial charge < -0.3 is 18.9 Å². The Morgan fingerprint density at radius 1 is 0.372 bits per heavy atom. The third-order valence-electron chi connectivity index (χ3n) is 16.6. The second-order valence-electron chi connectivity index (χ2n) is 26.3. The molecule has 0 aromatic carbocycles. The van der Waals surface area contributed by atoms with Crippen molar-refractivity contribution in [2.75, 3.05) is 47.5 Å². The Bertz CT molecular complexity index is 1630. The molecule has 2 unspecified atom stereocenters. The molecule has 0 saturated carbocycles. The van der Waals surface area contributed by atoms with E-state index in [1.165, 1.54) is 263 Å². The standard InChI is InChI=1S/C76H142NO8P/c1-6-8-10-12-14-16-18-20-22-24-26-28-30-31-32-33-34-35-36-37-38-39-40-41-42-43-44-45-47-49-51-53-55-57-59-61-63-65-67-69-76(79)85-74(73-84-86(80,81)83-71-70-77(3,4)5)72-82-75(78)68-66-64-62-60-58-56-54-52-50-48-46-29-27-25-23-21-19-17-15-13-11-9-7-2/h8,10,14,16,20,22,26,28,31-32,74H,6-7,9,11-13,15,17-19,21,23-25,27,29-30,33-73H2,1-5H3/p+1/b10-8-,16-14-,22-20-,28-26-,32-31-. The highest BCUT2D eigenvalue weighted by molar-refractivity contribution is 7.47. The fourth-order valence-corrected chi connectivity index (χ4v) is 11.7. The van der Waals surface area contributed by atoms with E-state index in [4.69, 9.17) is 18.5 Å². The number of rotatable bonds is 69. The fraction of sp³-hybridized carbons (Fsp3) is 0.842. The first-order valence-corrected chi connectivity index (χ1v) is 38.5. The number of hydrogen-bond acceptors (Lipinski definition) is 7. The van der Waals surface area contributed by atoms with Crippen molar-refractivity contribution in [2.45, 2.75) is 367 Å². The normalized spacial score (nSPS) is 13.4. The number of phosphoric ester groups is 1. The van der Waals surface area contributed by atoms with Gasteiger partial charge in [0.1, 0.15) is 19.8 Å². The number of likely N-dealkylation sites (N-methyl/N-ethyl adjacent to an activating group) is 1. The molecule has 0 heterocycles. The monoisotopic (exact) mass is 1230 g/mol. The molecule has 0 aliphatic rings. The van der Waals surface area contributed by atoms with E-state index in [-0.39, 0.29) is 25.6 Å². The predicted octanol–water partition coefficient (Wildman–Crippen LogP) is 24.2. The van der Waals surface area contributed by atoms with Gasteiger partial charge in [0, 0.05) is 12.8 Å². The second-order valence-corrected chi connectivity index (χ2v) is 27.8. The molecular weight excluding hydrogens is 1090 g/mol. The van der Waals surface area contributed by atoms with Crippen LogP contribution in [0.25, 0.3) is 0 Å². The summed E-state index contributed by atoms with van der Waals surface area (Å²) >= 11 is 0. The van der Waals surface area contributed by atoms with Crippen LogP contribution in [-0.2, 0) is 32.7 Å². The lowest BCUT2D eigenvalue weighted by molar-refractivity contribution is -0.870. The van der Waals surface area contributed by atoms with Crippen LogP contribution >= 0.6 is 7.82 Å². The first-order chi connectivity index (χ1) is 42.0. The number of allylic oxidation sites excluding steroid dienone is 10. The number of ether oxygens (including phenoxy) is 2. The van der Waals surface area contributed by atoms with Crippen molar-refractivity contribution in [1.82, 2.24) is 0 Å². The molecule has 0 aromatic rings. The van der Waals surface area contributed by atoms with Crippen molar-refractivity contribution in [1.29, 1.82) is 0 Å². The number of unbranched alkanes of at least 4 members (excludes halogenated alkanes) is 45. The summed E-state index contributed by atoms with van der Waals surface area (Å²) in [5.41, 5.74) is 0. The van der Waals surface area contributed by atoms with Gasteiger partial charge in [-0.25, -0.2) is 4.57 Å². The maximum absolute atomic E-state index is 12.9. The quantitative estimate of drug-likeness (QED) is 0.0211. The Morgan fingerprint density at radius 2 is 0.663 bits per heavy atom. The van der Waals surface area contributed by atoms with E-state index < -0.39 is 26.5 Å². The molecule has 0 radical (unpaired) electrons. The van der Waals surface area contributed by atoms with E-state index in [0.29, 0.717) is 23.9 Å². The molecule has 0 rings (SSSR count). The highest BCUT2D eigenvalue weighted by Crippen LogP contribution is 2.43. The first-order valence-electron chi connectivity index (χ1n) is 37.0. The lowest BCUT2D eigenvalue weighted by atomic mass is 10.0. The third kappa shape index (κ3) is 70.8. The van der Waals surface area contributed by atoms with Crippen LogP contribution in [-0.4, -0.2) is 74.9 Å². The van der Waals surface area contributed by atoms with Crippen molar-refractivity contribution in [3.63, 3.8) is 0 Å². The van der Waals surface area contributed by atoms with Crippen LogP contribution in [0, 0.1) is 0 Å². The predicted molar refractivity (Wildman–Crippen MR) is 372 cm³/mol. The highest BCUT2D eigenvalue weighted by Gasteiger charge is 2.27. The van der Waals surface area contributed by atoms with E-state index in [1.54, 1.807) is 0 Å². The number of esters is 2. The minimum absolute atomic E-state index is 0.0346. The van der Waals surface area contributed by atoms with Crippen molar-refractivity contribution >= 4 is 19.8 Å². The molecule has 0 saturated heterocycles. The SMILES string of the molecule is CC/C=C\C/C=C\C/C=C\C/C=C\C/C=C\CCCCCCCCCCCCCCCCCCCCCCCCCC(=O)OC(COC(=O)CCCCCCCCCCCCCCCCCCCCCCCCC)COP(=O)(O)OCC[N+](C)(C)C. The van der Waals surface area contributed by atoms with Crippen molar-refractivity contribution in [3.8, 4) is 0 Å². The topological polar surface area (TPSA) is 108 Å². The molecule has 0 aliphatic carbocycles. The van der Waals surface area contributed by atoms with Crippen LogP contribution in [0.4, 0.5) is 0 Å². The molecule has 2 atom stereocenters. The molecule has 504 valence electrons. The van der Waals surface area contributed by atoms with Crippen LogP contribution < -0.4 is 0 Å². The number of carbonyl (C=O) groups is 2. The highest BCUT2D eigenvalue weighted by atomic mass is 31.2. The van der Waals surface area contributed by atoms with Gasteiger partial charge in [-0.2, -0.15) is 0 Å². The van der Waals surface area contributed by atoms with Crippen molar-refractivity contribution < 1.29 is 42.1 Å². The van der Waals surface area contributed by atoms with Crippen LogP contribution in [0.3, 0.4) is 0 Å². The maximum Gasteiger partial charge on any atom is 0.472 e. The molecule has 9 nitrogen and oxygen atoms in total. The summed E-state index contributed by atoms with van der Waals surface area (Å²) in [6.45, 7) is 4.39. The van der Waals surface area contributed by atoms with Gasteiger partial charge in [0.15, 0.2) is 6.10 Å². The zero-order valence-electron chi connectivity index (χ0n) is 57.6. The largest absolute Gasteiger partial charge is 0.472 e. The van der Waals surface area contributed by atoms with Crippen LogP contribution in [0.1, 0.15) is 361 Å². The van der Waals surface area contributed by atoms with Gasteiger partial charge in [0.2, 0.25) is 0 Å². The summed E-state index contributed by atoms with van der Waals surface area (Å²) in [5.74, 6) is -0.774. The summed E-state index contributed by atoms with van der Waals surface area (Å²) in [6, 6.07) is 0. The van der Waals surface area contributed by atoms with Gasteiger partial charge in [-0.3, -0.25) is 18.6 Å². The Labute approximate surface area is 534 Å². The molecule has 0 bridgehead atoms. The second kappa shape index (κ2) is 67.1. The lowest BCUT2D eigenvalue weighted by Gasteiger charge is -2.24. The molecule has 86 heavy (non-hydrogen) atoms. The third-order valence-corrected chi connectivity index (χ3v) is 17.5. The number of nitrogens with zero attached hydrogens (tertiary/aromatic N) is 1. The summed E-state index contributed by atoms with van der Waals surface area (Å²) in [4.78, 5) is 35.9. The summed E-state index contributed by atoms with van der Waals surface area (Å²) in [7, 11) is 1.50. The molecule has 10 heteroatoms. The summed E-state index contributed by atoms with van der Waals surface area (Å²) < 4.78 is 34.8. The van der Waals surface area contributed by atoms with Gasteiger partial charge in [-0.1, -0.05) is 351 Å². The van der Waals surface area contributed by atoms with Crippen LogP contribution in [0.15, 0.2) is 60.8 Å². The van der Waals surface area contributed by atoms with Gasteiger partial charge in [0.25, 0.3) is 0 Å². The molecule has 0 aromatic heterocycles. The maximum atomic E-state index is 12.9. The molecule has 1 N–H and O–H groups in total. The van der Waals surface area contributed by atoms with E-state index in [1.807, 2.05) is 21.1 Å². The minimum Gasteiger partial charge on any atom is -0.462 e.